The van der Waals surface area contributed by atoms with Crippen LogP contribution in [-0.2, 0) is 9.59 Å². The second-order valence-corrected chi connectivity index (χ2v) is 7.79. The molecule has 0 saturated carbocycles. The van der Waals surface area contributed by atoms with Crippen molar-refractivity contribution in [3.05, 3.63) is 52.1 Å². The van der Waals surface area contributed by atoms with Crippen molar-refractivity contribution in [3.63, 3.8) is 0 Å². The maximum Gasteiger partial charge on any atom is 0.271 e. The van der Waals surface area contributed by atoms with Crippen LogP contribution in [-0.4, -0.2) is 48.3 Å². The Morgan fingerprint density at radius 1 is 1.09 bits per heavy atom. The topological polar surface area (TPSA) is 119 Å². The molecular weight excluding hydrogens is 430 g/mol. The predicted molar refractivity (Wildman–Crippen MR) is 119 cm³/mol. The normalized spacial score (nSPS) is 17.1. The standard InChI is InChI=1S/C23H23N3O7/c1-3-9-24-16-10-14(5-7-20(16)32-13-22(24)28)18(27)12-25-17-11-15(26(30)31)6-8-21(17)33-19(4-2)23(25)29/h5-8,10-11,19H,3-4,9,12-13H2,1-2H3. The Hall–Kier alpha value is -3.95. The summed E-state index contributed by atoms with van der Waals surface area (Å²) in [5, 5.41) is 11.2. The van der Waals surface area contributed by atoms with Gasteiger partial charge in [0.15, 0.2) is 18.5 Å². The number of nitro benzene ring substituents is 1. The molecule has 2 aliphatic heterocycles. The maximum atomic E-state index is 13.2. The van der Waals surface area contributed by atoms with Crippen molar-refractivity contribution in [1.82, 2.24) is 0 Å². The molecule has 10 nitrogen and oxygen atoms in total. The second-order valence-electron chi connectivity index (χ2n) is 7.79. The number of nitro groups is 1. The number of ether oxygens (including phenoxy) is 2. The van der Waals surface area contributed by atoms with Gasteiger partial charge in [-0.15, -0.1) is 0 Å². The lowest BCUT2D eigenvalue weighted by Crippen LogP contribution is -2.47. The van der Waals surface area contributed by atoms with Gasteiger partial charge in [0.1, 0.15) is 11.5 Å². The molecule has 2 aromatic rings. The van der Waals surface area contributed by atoms with Crippen LogP contribution in [0.3, 0.4) is 0 Å². The van der Waals surface area contributed by atoms with Crippen LogP contribution in [0.5, 0.6) is 11.5 Å². The molecule has 0 aliphatic carbocycles. The maximum absolute atomic E-state index is 13.2. The highest BCUT2D eigenvalue weighted by Gasteiger charge is 2.36. The summed E-state index contributed by atoms with van der Waals surface area (Å²) in [5.74, 6) is -0.199. The second kappa shape index (κ2) is 8.89. The lowest BCUT2D eigenvalue weighted by atomic mass is 10.1. The molecule has 33 heavy (non-hydrogen) atoms. The van der Waals surface area contributed by atoms with Crippen LogP contribution in [0.2, 0.25) is 0 Å². The number of carbonyl (C=O) groups is 3. The molecular formula is C23H23N3O7. The van der Waals surface area contributed by atoms with Gasteiger partial charge >= 0.3 is 0 Å². The molecule has 1 atom stereocenters. The van der Waals surface area contributed by atoms with E-state index in [0.29, 0.717) is 35.7 Å². The van der Waals surface area contributed by atoms with E-state index in [0.717, 1.165) is 6.42 Å². The third kappa shape index (κ3) is 4.11. The highest BCUT2D eigenvalue weighted by Crippen LogP contribution is 2.38. The highest BCUT2D eigenvalue weighted by molar-refractivity contribution is 6.09. The molecule has 0 aromatic heterocycles. The van der Waals surface area contributed by atoms with Gasteiger partial charge in [0.2, 0.25) is 0 Å². The summed E-state index contributed by atoms with van der Waals surface area (Å²) in [6.45, 7) is 3.83. The smallest absolute Gasteiger partial charge is 0.271 e. The summed E-state index contributed by atoms with van der Waals surface area (Å²) in [4.78, 5) is 51.9. The van der Waals surface area contributed by atoms with Crippen molar-refractivity contribution >= 4 is 34.7 Å². The zero-order valence-corrected chi connectivity index (χ0v) is 18.3. The Labute approximate surface area is 189 Å². The predicted octanol–water partition coefficient (Wildman–Crippen LogP) is 3.12. The van der Waals surface area contributed by atoms with Gasteiger partial charge in [-0.2, -0.15) is 0 Å². The number of anilines is 2. The van der Waals surface area contributed by atoms with Crippen LogP contribution in [0.25, 0.3) is 0 Å². The van der Waals surface area contributed by atoms with Gasteiger partial charge in [0.05, 0.1) is 22.8 Å². The summed E-state index contributed by atoms with van der Waals surface area (Å²) in [6.07, 6.45) is 0.324. The minimum absolute atomic E-state index is 0.0590. The van der Waals surface area contributed by atoms with Crippen molar-refractivity contribution in [2.45, 2.75) is 32.8 Å². The van der Waals surface area contributed by atoms with E-state index in [1.165, 1.54) is 23.1 Å². The Bertz CT molecular complexity index is 1150. The highest BCUT2D eigenvalue weighted by atomic mass is 16.6. The minimum Gasteiger partial charge on any atom is -0.482 e. The number of benzene rings is 2. The van der Waals surface area contributed by atoms with E-state index in [9.17, 15) is 24.5 Å². The van der Waals surface area contributed by atoms with Crippen LogP contribution in [0.4, 0.5) is 17.1 Å². The third-order valence-electron chi connectivity index (χ3n) is 5.60. The zero-order valence-electron chi connectivity index (χ0n) is 18.3. The lowest BCUT2D eigenvalue weighted by molar-refractivity contribution is -0.384. The summed E-state index contributed by atoms with van der Waals surface area (Å²) >= 11 is 0. The van der Waals surface area contributed by atoms with Crippen LogP contribution in [0, 0.1) is 10.1 Å². The average Bonchev–Trinajstić information content (AvgIpc) is 2.81. The lowest BCUT2D eigenvalue weighted by Gasteiger charge is -2.33. The van der Waals surface area contributed by atoms with E-state index in [4.69, 9.17) is 9.47 Å². The van der Waals surface area contributed by atoms with Crippen molar-refractivity contribution < 1.29 is 28.8 Å². The summed E-state index contributed by atoms with van der Waals surface area (Å²) in [7, 11) is 0. The van der Waals surface area contributed by atoms with E-state index in [1.54, 1.807) is 30.0 Å². The Kier molecular flexibility index (Phi) is 5.99. The van der Waals surface area contributed by atoms with Crippen molar-refractivity contribution in [2.24, 2.45) is 0 Å². The first-order valence-corrected chi connectivity index (χ1v) is 10.7. The molecule has 0 fully saturated rings. The Morgan fingerprint density at radius 3 is 2.52 bits per heavy atom. The van der Waals surface area contributed by atoms with Crippen molar-refractivity contribution in [3.8, 4) is 11.5 Å². The number of hydrogen-bond donors (Lipinski definition) is 0. The first-order chi connectivity index (χ1) is 15.8. The Balaban J connectivity index is 1.67. The zero-order chi connectivity index (χ0) is 23.7. The third-order valence-corrected chi connectivity index (χ3v) is 5.60. The van der Waals surface area contributed by atoms with Gasteiger partial charge < -0.3 is 14.4 Å². The van der Waals surface area contributed by atoms with Crippen molar-refractivity contribution in [1.29, 1.82) is 0 Å². The summed E-state index contributed by atoms with van der Waals surface area (Å²) in [5.41, 5.74) is 0.774. The van der Waals surface area contributed by atoms with Crippen LogP contribution < -0.4 is 19.3 Å². The number of rotatable bonds is 7. The molecule has 2 aromatic carbocycles. The monoisotopic (exact) mass is 453 g/mol. The van der Waals surface area contributed by atoms with E-state index >= 15 is 0 Å². The van der Waals surface area contributed by atoms with E-state index in [1.807, 2.05) is 6.92 Å². The van der Waals surface area contributed by atoms with Crippen molar-refractivity contribution in [2.75, 3.05) is 29.5 Å². The Morgan fingerprint density at radius 2 is 1.82 bits per heavy atom. The number of carbonyl (C=O) groups excluding carboxylic acids is 3. The molecule has 10 heteroatoms. The van der Waals surface area contributed by atoms with Gasteiger partial charge in [-0.3, -0.25) is 29.4 Å². The molecule has 0 saturated heterocycles. The van der Waals surface area contributed by atoms with E-state index in [2.05, 4.69) is 0 Å². The molecule has 2 amide bonds. The molecule has 0 bridgehead atoms. The number of amides is 2. The number of non-ortho nitro benzene ring substituents is 1. The number of ketones is 1. The first-order valence-electron chi connectivity index (χ1n) is 10.7. The van der Waals surface area contributed by atoms with E-state index < -0.39 is 16.9 Å². The first kappa shape index (κ1) is 22.3. The van der Waals surface area contributed by atoms with E-state index in [-0.39, 0.29) is 36.2 Å². The molecule has 4 rings (SSSR count). The number of fused-ring (bicyclic) bond motifs is 2. The fraction of sp³-hybridized carbons (Fsp3) is 0.348. The molecule has 1 unspecified atom stereocenters. The SMILES string of the molecule is CCCN1C(=O)COc2ccc(C(=O)CN3C(=O)C(CC)Oc4ccc([N+](=O)[O-])cc43)cc21. The molecule has 0 spiro atoms. The summed E-state index contributed by atoms with van der Waals surface area (Å²) < 4.78 is 11.2. The molecule has 2 heterocycles. The molecule has 2 aliphatic rings. The number of hydrogen-bond acceptors (Lipinski definition) is 7. The number of Topliss-reactive ketones (excluding diaryl/α,β-unsaturated/α-hetero) is 1. The average molecular weight is 453 g/mol. The number of nitrogens with zero attached hydrogens (tertiary/aromatic N) is 3. The van der Waals surface area contributed by atoms with Gasteiger partial charge in [0.25, 0.3) is 17.5 Å². The molecule has 172 valence electrons. The van der Waals surface area contributed by atoms with Crippen LogP contribution in [0.15, 0.2) is 36.4 Å². The summed E-state index contributed by atoms with van der Waals surface area (Å²) in [6, 6.07) is 8.76. The quantitative estimate of drug-likeness (QED) is 0.359. The van der Waals surface area contributed by atoms with Gasteiger partial charge in [-0.05, 0) is 37.1 Å². The van der Waals surface area contributed by atoms with Gasteiger partial charge in [0, 0.05) is 24.2 Å². The largest absolute Gasteiger partial charge is 0.482 e. The fourth-order valence-electron chi connectivity index (χ4n) is 3.93. The molecule has 0 N–H and O–H groups in total. The van der Waals surface area contributed by atoms with Gasteiger partial charge in [-0.1, -0.05) is 13.8 Å². The van der Waals surface area contributed by atoms with Crippen LogP contribution in [0.1, 0.15) is 37.0 Å². The minimum atomic E-state index is -0.790. The fourth-order valence-corrected chi connectivity index (χ4v) is 3.93. The van der Waals surface area contributed by atoms with Gasteiger partial charge in [-0.25, -0.2) is 0 Å². The van der Waals surface area contributed by atoms with Crippen LogP contribution >= 0.6 is 0 Å². The molecule has 0 radical (unpaired) electrons.